The van der Waals surface area contributed by atoms with Gasteiger partial charge in [-0.15, -0.1) is 0 Å². The summed E-state index contributed by atoms with van der Waals surface area (Å²) in [6, 6.07) is 10.4. The molecule has 0 bridgehead atoms. The molecule has 0 aromatic heterocycles. The Labute approximate surface area is 137 Å². The molecule has 2 aromatic carbocycles. The molecule has 0 fully saturated rings. The van der Waals surface area contributed by atoms with Crippen molar-refractivity contribution in [2.45, 2.75) is 25.3 Å². The summed E-state index contributed by atoms with van der Waals surface area (Å²) in [6.45, 7) is 4.22. The lowest BCUT2D eigenvalue weighted by atomic mass is 10.0. The second kappa shape index (κ2) is 7.02. The van der Waals surface area contributed by atoms with E-state index in [0.29, 0.717) is 11.5 Å². The molecule has 0 aliphatic rings. The van der Waals surface area contributed by atoms with E-state index in [1.807, 2.05) is 32.0 Å². The average Bonchev–Trinajstić information content (AvgIpc) is 2.55. The predicted octanol–water partition coefficient (Wildman–Crippen LogP) is 2.80. The highest BCUT2D eigenvalue weighted by Gasteiger charge is 2.17. The molecule has 0 atom stereocenters. The Morgan fingerprint density at radius 1 is 1.00 bits per heavy atom. The van der Waals surface area contributed by atoms with Gasteiger partial charge in [-0.25, -0.2) is 13.1 Å². The second-order valence-corrected chi connectivity index (χ2v) is 6.97. The van der Waals surface area contributed by atoms with E-state index < -0.39 is 10.0 Å². The van der Waals surface area contributed by atoms with Crippen LogP contribution in [0.5, 0.6) is 11.5 Å². The lowest BCUT2D eigenvalue weighted by Crippen LogP contribution is -2.23. The minimum absolute atomic E-state index is 0.139. The van der Waals surface area contributed by atoms with Gasteiger partial charge < -0.3 is 9.47 Å². The molecule has 0 saturated carbocycles. The SMILES string of the molecule is COc1ccc(S(=O)(=O)NCc2cccc(C)c2C)cc1OC. The fourth-order valence-corrected chi connectivity index (χ4v) is 3.26. The monoisotopic (exact) mass is 335 g/mol. The highest BCUT2D eigenvalue weighted by Crippen LogP contribution is 2.29. The van der Waals surface area contributed by atoms with Crippen molar-refractivity contribution < 1.29 is 17.9 Å². The number of aryl methyl sites for hydroxylation is 1. The zero-order valence-electron chi connectivity index (χ0n) is 13.7. The number of ether oxygens (including phenoxy) is 2. The maximum Gasteiger partial charge on any atom is 0.241 e. The molecule has 0 spiro atoms. The molecule has 0 radical (unpaired) electrons. The number of hydrogen-bond acceptors (Lipinski definition) is 4. The van der Waals surface area contributed by atoms with Crippen LogP contribution >= 0.6 is 0 Å². The van der Waals surface area contributed by atoms with Gasteiger partial charge in [0.05, 0.1) is 19.1 Å². The molecule has 0 aliphatic carbocycles. The van der Waals surface area contributed by atoms with Crippen LogP contribution in [0.4, 0.5) is 0 Å². The van der Waals surface area contributed by atoms with Gasteiger partial charge in [0.1, 0.15) is 0 Å². The van der Waals surface area contributed by atoms with Gasteiger partial charge >= 0.3 is 0 Å². The molecule has 0 amide bonds. The number of methoxy groups -OCH3 is 2. The number of nitrogens with one attached hydrogen (secondary N) is 1. The van der Waals surface area contributed by atoms with E-state index in [4.69, 9.17) is 9.47 Å². The summed E-state index contributed by atoms with van der Waals surface area (Å²) in [5.41, 5.74) is 3.17. The van der Waals surface area contributed by atoms with Crippen molar-refractivity contribution in [2.24, 2.45) is 0 Å². The Morgan fingerprint density at radius 3 is 2.35 bits per heavy atom. The van der Waals surface area contributed by atoms with Crippen LogP contribution in [0.15, 0.2) is 41.3 Å². The maximum absolute atomic E-state index is 12.5. The second-order valence-electron chi connectivity index (χ2n) is 5.20. The first-order valence-electron chi connectivity index (χ1n) is 7.16. The quantitative estimate of drug-likeness (QED) is 0.882. The number of hydrogen-bond donors (Lipinski definition) is 1. The minimum Gasteiger partial charge on any atom is -0.493 e. The number of sulfonamides is 1. The van der Waals surface area contributed by atoms with Crippen molar-refractivity contribution >= 4 is 10.0 Å². The smallest absolute Gasteiger partial charge is 0.241 e. The lowest BCUT2D eigenvalue weighted by molar-refractivity contribution is 0.354. The van der Waals surface area contributed by atoms with Crippen LogP contribution in [-0.2, 0) is 16.6 Å². The van der Waals surface area contributed by atoms with Crippen molar-refractivity contribution in [3.8, 4) is 11.5 Å². The zero-order valence-corrected chi connectivity index (χ0v) is 14.5. The molecule has 1 N–H and O–H groups in total. The van der Waals surface area contributed by atoms with Gasteiger partial charge in [-0.1, -0.05) is 18.2 Å². The standard InChI is InChI=1S/C17H21NO4S/c1-12-6-5-7-14(13(12)2)11-18-23(19,20)15-8-9-16(21-3)17(10-15)22-4/h5-10,18H,11H2,1-4H3. The topological polar surface area (TPSA) is 64.6 Å². The van der Waals surface area contributed by atoms with Crippen molar-refractivity contribution in [3.63, 3.8) is 0 Å². The Bertz CT molecular complexity index is 800. The summed E-state index contributed by atoms with van der Waals surface area (Å²) in [6.07, 6.45) is 0. The molecule has 0 unspecified atom stereocenters. The first-order valence-corrected chi connectivity index (χ1v) is 8.64. The van der Waals surface area contributed by atoms with E-state index in [1.54, 1.807) is 6.07 Å². The molecule has 2 rings (SSSR count). The van der Waals surface area contributed by atoms with E-state index in [0.717, 1.165) is 16.7 Å². The highest BCUT2D eigenvalue weighted by atomic mass is 32.2. The molecule has 0 heterocycles. The molecule has 0 aliphatic heterocycles. The largest absolute Gasteiger partial charge is 0.493 e. The van der Waals surface area contributed by atoms with Crippen molar-refractivity contribution in [3.05, 3.63) is 53.1 Å². The molecular weight excluding hydrogens is 314 g/mol. The molecule has 6 heteroatoms. The molecule has 23 heavy (non-hydrogen) atoms. The van der Waals surface area contributed by atoms with Crippen LogP contribution in [-0.4, -0.2) is 22.6 Å². The lowest BCUT2D eigenvalue weighted by Gasteiger charge is -2.12. The van der Waals surface area contributed by atoms with Crippen LogP contribution in [0.3, 0.4) is 0 Å². The van der Waals surface area contributed by atoms with E-state index in [2.05, 4.69) is 4.72 Å². The van der Waals surface area contributed by atoms with E-state index in [1.165, 1.54) is 26.4 Å². The highest BCUT2D eigenvalue weighted by molar-refractivity contribution is 7.89. The molecule has 2 aromatic rings. The Hall–Kier alpha value is -2.05. The van der Waals surface area contributed by atoms with Crippen molar-refractivity contribution in [1.82, 2.24) is 4.72 Å². The van der Waals surface area contributed by atoms with Gasteiger partial charge in [-0.2, -0.15) is 0 Å². The van der Waals surface area contributed by atoms with E-state index in [9.17, 15) is 8.42 Å². The summed E-state index contributed by atoms with van der Waals surface area (Å²) in [5.74, 6) is 0.864. The number of rotatable bonds is 6. The van der Waals surface area contributed by atoms with Crippen molar-refractivity contribution in [1.29, 1.82) is 0 Å². The van der Waals surface area contributed by atoms with E-state index in [-0.39, 0.29) is 11.4 Å². The number of benzene rings is 2. The van der Waals surface area contributed by atoms with Gasteiger partial charge in [0.25, 0.3) is 0 Å². The van der Waals surface area contributed by atoms with Crippen LogP contribution in [0, 0.1) is 13.8 Å². The summed E-state index contributed by atoms with van der Waals surface area (Å²) in [7, 11) is -0.656. The van der Waals surface area contributed by atoms with Crippen LogP contribution in [0.2, 0.25) is 0 Å². The third kappa shape index (κ3) is 3.83. The average molecular weight is 335 g/mol. The normalized spacial score (nSPS) is 11.3. The first kappa shape index (κ1) is 17.3. The molecule has 0 saturated heterocycles. The van der Waals surface area contributed by atoms with Gasteiger partial charge in [0.15, 0.2) is 11.5 Å². The third-order valence-corrected chi connectivity index (χ3v) is 5.23. The molecular formula is C17H21NO4S. The Morgan fingerprint density at radius 2 is 1.70 bits per heavy atom. The predicted molar refractivity (Wildman–Crippen MR) is 89.5 cm³/mol. The van der Waals surface area contributed by atoms with Gasteiger partial charge in [-0.05, 0) is 42.7 Å². The fraction of sp³-hybridized carbons (Fsp3) is 0.294. The Kier molecular flexibility index (Phi) is 5.28. The third-order valence-electron chi connectivity index (χ3n) is 3.83. The minimum atomic E-state index is -3.63. The summed E-state index contributed by atoms with van der Waals surface area (Å²) >= 11 is 0. The fourth-order valence-electron chi connectivity index (χ4n) is 2.24. The van der Waals surface area contributed by atoms with E-state index >= 15 is 0 Å². The molecule has 124 valence electrons. The zero-order chi connectivity index (χ0) is 17.0. The summed E-state index contributed by atoms with van der Waals surface area (Å²) in [4.78, 5) is 0.139. The Balaban J connectivity index is 2.24. The van der Waals surface area contributed by atoms with Crippen LogP contribution in [0.25, 0.3) is 0 Å². The first-order chi connectivity index (χ1) is 10.9. The van der Waals surface area contributed by atoms with Crippen LogP contribution < -0.4 is 14.2 Å². The maximum atomic E-state index is 12.5. The van der Waals surface area contributed by atoms with Crippen molar-refractivity contribution in [2.75, 3.05) is 14.2 Å². The summed E-state index contributed by atoms with van der Waals surface area (Å²) in [5, 5.41) is 0. The summed E-state index contributed by atoms with van der Waals surface area (Å²) < 4.78 is 37.8. The van der Waals surface area contributed by atoms with Gasteiger partial charge in [-0.3, -0.25) is 0 Å². The van der Waals surface area contributed by atoms with Gasteiger partial charge in [0, 0.05) is 12.6 Å². The molecule has 5 nitrogen and oxygen atoms in total. The van der Waals surface area contributed by atoms with Gasteiger partial charge in [0.2, 0.25) is 10.0 Å². The van der Waals surface area contributed by atoms with Crippen LogP contribution in [0.1, 0.15) is 16.7 Å².